The van der Waals surface area contributed by atoms with Gasteiger partial charge in [-0.05, 0) is 35.9 Å². The Hall–Kier alpha value is -1.25. The molecule has 88 valence electrons. The Morgan fingerprint density at radius 1 is 1.00 bits per heavy atom. The molecule has 0 spiro atoms. The lowest BCUT2D eigenvalue weighted by atomic mass is 10.2. The van der Waals surface area contributed by atoms with Crippen molar-refractivity contribution in [2.45, 2.75) is 6.61 Å². The van der Waals surface area contributed by atoms with Crippen LogP contribution in [0.3, 0.4) is 0 Å². The van der Waals surface area contributed by atoms with Gasteiger partial charge in [0.15, 0.2) is 0 Å². The van der Waals surface area contributed by atoms with E-state index in [1.54, 1.807) is 12.1 Å². The van der Waals surface area contributed by atoms with Crippen LogP contribution < -0.4 is 4.74 Å². The van der Waals surface area contributed by atoms with E-state index in [1.165, 1.54) is 18.2 Å². The van der Waals surface area contributed by atoms with Gasteiger partial charge in [0.2, 0.25) is 0 Å². The summed E-state index contributed by atoms with van der Waals surface area (Å²) in [4.78, 5) is 0. The summed E-state index contributed by atoms with van der Waals surface area (Å²) in [5.41, 5.74) is 0.967. The van der Waals surface area contributed by atoms with Gasteiger partial charge in [-0.2, -0.15) is 0 Å². The summed E-state index contributed by atoms with van der Waals surface area (Å²) in [6.45, 7) is 0.364. The second-order valence-electron chi connectivity index (χ2n) is 3.49. The average Bonchev–Trinajstić information content (AvgIpc) is 2.30. The molecule has 0 bridgehead atoms. The zero-order valence-electron chi connectivity index (χ0n) is 8.79. The molecule has 2 aromatic carbocycles. The topological polar surface area (TPSA) is 9.23 Å². The molecule has 0 N–H and O–H groups in total. The van der Waals surface area contributed by atoms with Crippen LogP contribution in [0.4, 0.5) is 4.39 Å². The van der Waals surface area contributed by atoms with E-state index in [0.717, 1.165) is 5.56 Å². The van der Waals surface area contributed by atoms with E-state index in [0.29, 0.717) is 17.4 Å². The van der Waals surface area contributed by atoms with Gasteiger partial charge in [0.05, 0.1) is 5.02 Å². The molecular weight excluding hydrogens is 262 g/mol. The van der Waals surface area contributed by atoms with Crippen LogP contribution in [0.2, 0.25) is 10.0 Å². The molecule has 0 fully saturated rings. The Labute approximate surface area is 109 Å². The molecule has 0 radical (unpaired) electrons. The average molecular weight is 271 g/mol. The van der Waals surface area contributed by atoms with Crippen LogP contribution in [0.15, 0.2) is 42.5 Å². The van der Waals surface area contributed by atoms with Gasteiger partial charge < -0.3 is 4.74 Å². The minimum absolute atomic E-state index is 0.263. The number of ether oxygens (including phenoxy) is 1. The van der Waals surface area contributed by atoms with Gasteiger partial charge in [-0.15, -0.1) is 0 Å². The first-order valence-electron chi connectivity index (χ1n) is 4.97. The molecule has 0 unspecified atom stereocenters. The molecule has 0 saturated carbocycles. The molecule has 2 rings (SSSR count). The van der Waals surface area contributed by atoms with Crippen molar-refractivity contribution >= 4 is 23.2 Å². The minimum atomic E-state index is -0.381. The Bertz CT molecular complexity index is 511. The van der Waals surface area contributed by atoms with E-state index in [2.05, 4.69) is 0 Å². The molecule has 0 aromatic heterocycles. The predicted molar refractivity (Wildman–Crippen MR) is 67.2 cm³/mol. The van der Waals surface area contributed by atoms with Crippen LogP contribution in [0.25, 0.3) is 0 Å². The Balaban J connectivity index is 2.04. The third-order valence-corrected chi connectivity index (χ3v) is 2.75. The summed E-state index contributed by atoms with van der Waals surface area (Å²) in [6.07, 6.45) is 0. The Morgan fingerprint density at radius 2 is 1.71 bits per heavy atom. The van der Waals surface area contributed by atoms with E-state index < -0.39 is 0 Å². The molecular formula is C13H9Cl2FO. The number of hydrogen-bond donors (Lipinski definition) is 0. The number of rotatable bonds is 3. The summed E-state index contributed by atoms with van der Waals surface area (Å²) in [5.74, 6) is 0.0804. The van der Waals surface area contributed by atoms with E-state index >= 15 is 0 Å². The van der Waals surface area contributed by atoms with E-state index in [-0.39, 0.29) is 10.8 Å². The first kappa shape index (κ1) is 12.2. The molecule has 1 nitrogen and oxygen atoms in total. The molecule has 0 atom stereocenters. The fraction of sp³-hybridized carbons (Fsp3) is 0.0769. The smallest absolute Gasteiger partial charge is 0.138 e. The van der Waals surface area contributed by atoms with Crippen molar-refractivity contribution in [3.8, 4) is 5.75 Å². The van der Waals surface area contributed by atoms with Gasteiger partial charge in [0.1, 0.15) is 18.2 Å². The molecule has 4 heteroatoms. The minimum Gasteiger partial charge on any atom is -0.487 e. The predicted octanol–water partition coefficient (Wildman–Crippen LogP) is 4.71. The molecule has 17 heavy (non-hydrogen) atoms. The number of halogens is 3. The zero-order chi connectivity index (χ0) is 12.3. The monoisotopic (exact) mass is 270 g/mol. The van der Waals surface area contributed by atoms with Crippen molar-refractivity contribution < 1.29 is 9.13 Å². The van der Waals surface area contributed by atoms with E-state index in [9.17, 15) is 4.39 Å². The standard InChI is InChI=1S/C13H9Cl2FO/c14-10-3-1-9(2-4-10)8-17-13-6-5-11(16)7-12(13)15/h1-7H,8H2. The fourth-order valence-corrected chi connectivity index (χ4v) is 1.68. The maximum absolute atomic E-state index is 12.8. The fourth-order valence-electron chi connectivity index (χ4n) is 1.33. The molecule has 0 aliphatic heterocycles. The van der Waals surface area contributed by atoms with Crippen molar-refractivity contribution in [2.24, 2.45) is 0 Å². The lowest BCUT2D eigenvalue weighted by molar-refractivity contribution is 0.306. The highest BCUT2D eigenvalue weighted by Gasteiger charge is 2.03. The molecule has 2 aromatic rings. The molecule has 0 saturated heterocycles. The summed E-state index contributed by atoms with van der Waals surface area (Å²) in [6, 6.07) is 11.3. The quantitative estimate of drug-likeness (QED) is 0.785. The zero-order valence-corrected chi connectivity index (χ0v) is 10.3. The first-order chi connectivity index (χ1) is 8.15. The third-order valence-electron chi connectivity index (χ3n) is 2.20. The second-order valence-corrected chi connectivity index (χ2v) is 4.33. The van der Waals surface area contributed by atoms with Crippen LogP contribution in [-0.4, -0.2) is 0 Å². The van der Waals surface area contributed by atoms with Crippen LogP contribution in [0, 0.1) is 5.82 Å². The lowest BCUT2D eigenvalue weighted by Crippen LogP contribution is -1.95. The van der Waals surface area contributed by atoms with Gasteiger partial charge >= 0.3 is 0 Å². The normalized spacial score (nSPS) is 10.3. The largest absolute Gasteiger partial charge is 0.487 e. The molecule has 0 heterocycles. The maximum atomic E-state index is 12.8. The molecule has 0 amide bonds. The van der Waals surface area contributed by atoms with Crippen molar-refractivity contribution in [2.75, 3.05) is 0 Å². The first-order valence-corrected chi connectivity index (χ1v) is 5.73. The van der Waals surface area contributed by atoms with Crippen molar-refractivity contribution in [3.63, 3.8) is 0 Å². The van der Waals surface area contributed by atoms with Crippen LogP contribution in [-0.2, 0) is 6.61 Å². The van der Waals surface area contributed by atoms with Crippen molar-refractivity contribution in [1.82, 2.24) is 0 Å². The molecule has 0 aliphatic carbocycles. The van der Waals surface area contributed by atoms with E-state index in [4.69, 9.17) is 27.9 Å². The van der Waals surface area contributed by atoms with Crippen LogP contribution in [0.1, 0.15) is 5.56 Å². The maximum Gasteiger partial charge on any atom is 0.138 e. The van der Waals surface area contributed by atoms with E-state index in [1.807, 2.05) is 12.1 Å². The van der Waals surface area contributed by atoms with Gasteiger partial charge in [-0.25, -0.2) is 4.39 Å². The van der Waals surface area contributed by atoms with Crippen molar-refractivity contribution in [1.29, 1.82) is 0 Å². The van der Waals surface area contributed by atoms with Crippen LogP contribution >= 0.6 is 23.2 Å². The van der Waals surface area contributed by atoms with Gasteiger partial charge in [-0.3, -0.25) is 0 Å². The van der Waals surface area contributed by atoms with Gasteiger partial charge in [0.25, 0.3) is 0 Å². The highest BCUT2D eigenvalue weighted by atomic mass is 35.5. The Morgan fingerprint density at radius 3 is 2.35 bits per heavy atom. The van der Waals surface area contributed by atoms with Crippen LogP contribution in [0.5, 0.6) is 5.75 Å². The summed E-state index contributed by atoms with van der Waals surface area (Å²) in [5, 5.41) is 0.938. The highest BCUT2D eigenvalue weighted by molar-refractivity contribution is 6.32. The van der Waals surface area contributed by atoms with Crippen molar-refractivity contribution in [3.05, 3.63) is 63.9 Å². The lowest BCUT2D eigenvalue weighted by Gasteiger charge is -2.08. The summed E-state index contributed by atoms with van der Waals surface area (Å²) < 4.78 is 18.3. The Kier molecular flexibility index (Phi) is 3.87. The number of hydrogen-bond acceptors (Lipinski definition) is 1. The van der Waals surface area contributed by atoms with Gasteiger partial charge in [0, 0.05) is 5.02 Å². The SMILES string of the molecule is Fc1ccc(OCc2ccc(Cl)cc2)c(Cl)c1. The molecule has 0 aliphatic rings. The summed E-state index contributed by atoms with van der Waals surface area (Å²) >= 11 is 11.6. The highest BCUT2D eigenvalue weighted by Crippen LogP contribution is 2.25. The third kappa shape index (κ3) is 3.35. The van der Waals surface area contributed by atoms with Gasteiger partial charge in [-0.1, -0.05) is 35.3 Å². The second kappa shape index (κ2) is 5.39. The number of benzene rings is 2. The summed E-state index contributed by atoms with van der Waals surface area (Å²) in [7, 11) is 0.